The van der Waals surface area contributed by atoms with E-state index in [1.54, 1.807) is 0 Å². The molecule has 0 spiro atoms. The molecule has 0 atom stereocenters. The average molecular weight is 856 g/mol. The van der Waals surface area contributed by atoms with E-state index in [2.05, 4.69) is 168 Å². The lowest BCUT2D eigenvalue weighted by Gasteiger charge is -2.28. The van der Waals surface area contributed by atoms with Gasteiger partial charge in [-0.15, -0.1) is 5.54 Å². The van der Waals surface area contributed by atoms with Gasteiger partial charge in [-0.05, 0) is 88.4 Å². The van der Waals surface area contributed by atoms with Crippen LogP contribution in [-0.2, 0) is 0 Å². The summed E-state index contributed by atoms with van der Waals surface area (Å²) in [5, 5.41) is 33.6. The zero-order valence-electron chi connectivity index (χ0n) is 35.2. The van der Waals surface area contributed by atoms with Crippen molar-refractivity contribution in [3.05, 3.63) is 217 Å². The summed E-state index contributed by atoms with van der Waals surface area (Å²) in [6, 6.07) is 74.0. The molecule has 3 heterocycles. The second-order valence-corrected chi connectivity index (χ2v) is 20.3. The first-order chi connectivity index (χ1) is 32.6. The maximum atomic E-state index is 9.96. The monoisotopic (exact) mass is 855 g/mol. The number of hydrogen-bond acceptors (Lipinski definition) is 4. The second-order valence-electron chi connectivity index (χ2n) is 16.8. The Morgan fingerprint density at radius 3 is 1.30 bits per heavy atom. The van der Waals surface area contributed by atoms with Crippen molar-refractivity contribution in [2.75, 3.05) is 0 Å². The van der Waals surface area contributed by atoms with E-state index in [0.29, 0.717) is 11.1 Å². The number of furan rings is 2. The van der Waals surface area contributed by atoms with Gasteiger partial charge >= 0.3 is 0 Å². The van der Waals surface area contributed by atoms with Gasteiger partial charge in [-0.2, -0.15) is 10.5 Å². The Morgan fingerprint density at radius 1 is 0.364 bits per heavy atom. The first kappa shape index (κ1) is 37.4. The number of hydrogen-bond donors (Lipinski definition) is 0. The van der Waals surface area contributed by atoms with Crippen LogP contribution in [0.5, 0.6) is 0 Å². The zero-order chi connectivity index (χ0) is 43.9. The predicted molar refractivity (Wildman–Crippen MR) is 271 cm³/mol. The van der Waals surface area contributed by atoms with Crippen molar-refractivity contribution in [3.8, 4) is 29.3 Å². The normalized spacial score (nSPS) is 11.8. The molecule has 13 rings (SSSR count). The van der Waals surface area contributed by atoms with Gasteiger partial charge in [0, 0.05) is 59.4 Å². The SMILES string of the molecule is N#Cc1ccc2c(c1)c1cc(C#N)ccc1n2-c1c2ccccc2c(C#C[Si](c2ccccc2)(c2ccc3oc4ccccc4c3c2)c2ccc3oc4ccccc4c3c2)c2ccccc12. The van der Waals surface area contributed by atoms with Crippen LogP contribution in [0.2, 0.25) is 0 Å². The molecule has 66 heavy (non-hydrogen) atoms. The third-order valence-corrected chi connectivity index (χ3v) is 17.4. The minimum atomic E-state index is -3.30. The summed E-state index contributed by atoms with van der Waals surface area (Å²) in [6.07, 6.45) is 0. The Hall–Kier alpha value is -9.12. The van der Waals surface area contributed by atoms with Crippen molar-refractivity contribution in [1.29, 1.82) is 10.5 Å². The second kappa shape index (κ2) is 14.5. The van der Waals surface area contributed by atoms with Crippen LogP contribution < -0.4 is 15.6 Å². The number of rotatable bonds is 4. The topological polar surface area (TPSA) is 78.8 Å². The Balaban J connectivity index is 1.15. The van der Waals surface area contributed by atoms with E-state index in [1.807, 2.05) is 60.7 Å². The quantitative estimate of drug-likeness (QED) is 0.0764. The lowest BCUT2D eigenvalue weighted by molar-refractivity contribution is 0.668. The molecule has 0 N–H and O–H groups in total. The fourth-order valence-electron chi connectivity index (χ4n) is 10.4. The summed E-state index contributed by atoms with van der Waals surface area (Å²) in [7, 11) is -3.30. The summed E-state index contributed by atoms with van der Waals surface area (Å²) < 4.78 is 15.1. The molecular weight excluding hydrogens is 823 g/mol. The van der Waals surface area contributed by atoms with E-state index in [9.17, 15) is 10.5 Å². The minimum absolute atomic E-state index is 0.565. The molecule has 0 saturated heterocycles. The molecule has 0 radical (unpaired) electrons. The minimum Gasteiger partial charge on any atom is -0.456 e. The van der Waals surface area contributed by atoms with Crippen molar-refractivity contribution < 1.29 is 8.83 Å². The summed E-state index contributed by atoms with van der Waals surface area (Å²) in [5.41, 5.74) is 12.6. The first-order valence-electron chi connectivity index (χ1n) is 21.9. The maximum absolute atomic E-state index is 9.96. The molecule has 0 unspecified atom stereocenters. The number of para-hydroxylation sites is 2. The predicted octanol–water partition coefficient (Wildman–Crippen LogP) is 12.7. The van der Waals surface area contributed by atoms with Crippen LogP contribution in [0.3, 0.4) is 0 Å². The van der Waals surface area contributed by atoms with E-state index in [1.165, 1.54) is 5.19 Å². The van der Waals surface area contributed by atoms with Gasteiger partial charge in [0.2, 0.25) is 8.07 Å². The van der Waals surface area contributed by atoms with Crippen molar-refractivity contribution in [1.82, 2.24) is 4.57 Å². The van der Waals surface area contributed by atoms with Crippen molar-refractivity contribution in [2.45, 2.75) is 0 Å². The molecule has 304 valence electrons. The summed E-state index contributed by atoms with van der Waals surface area (Å²) in [5.74, 6) is 3.99. The fourth-order valence-corrected chi connectivity index (χ4v) is 14.2. The van der Waals surface area contributed by atoms with E-state index in [-0.39, 0.29) is 0 Å². The molecule has 0 saturated carbocycles. The molecule has 0 aliphatic rings. The largest absolute Gasteiger partial charge is 0.456 e. The molecule has 10 aromatic carbocycles. The van der Waals surface area contributed by atoms with Gasteiger partial charge in [0.05, 0.1) is 40.0 Å². The van der Waals surface area contributed by atoms with E-state index in [0.717, 1.165) is 109 Å². The van der Waals surface area contributed by atoms with Gasteiger partial charge in [0.15, 0.2) is 0 Å². The van der Waals surface area contributed by atoms with Crippen LogP contribution in [0.1, 0.15) is 16.7 Å². The van der Waals surface area contributed by atoms with Crippen molar-refractivity contribution >= 4 is 111 Å². The molecule has 0 bridgehead atoms. The van der Waals surface area contributed by atoms with Crippen LogP contribution >= 0.6 is 0 Å². The van der Waals surface area contributed by atoms with Crippen LogP contribution in [0.15, 0.2) is 209 Å². The molecule has 6 heteroatoms. The highest BCUT2D eigenvalue weighted by molar-refractivity contribution is 7.17. The molecule has 5 nitrogen and oxygen atoms in total. The first-order valence-corrected chi connectivity index (χ1v) is 23.9. The van der Waals surface area contributed by atoms with Crippen LogP contribution in [0.25, 0.3) is 92.9 Å². The van der Waals surface area contributed by atoms with Gasteiger partial charge in [-0.25, -0.2) is 0 Å². The highest BCUT2D eigenvalue weighted by Crippen LogP contribution is 2.41. The Bertz CT molecular complexity index is 4100. The third-order valence-electron chi connectivity index (χ3n) is 13.4. The van der Waals surface area contributed by atoms with Gasteiger partial charge in [0.1, 0.15) is 22.3 Å². The average Bonchev–Trinajstić information content (AvgIpc) is 4.05. The van der Waals surface area contributed by atoms with Crippen molar-refractivity contribution in [3.63, 3.8) is 0 Å². The summed E-state index contributed by atoms with van der Waals surface area (Å²) >= 11 is 0. The Kier molecular flexibility index (Phi) is 8.20. The van der Waals surface area contributed by atoms with Gasteiger partial charge in [-0.1, -0.05) is 133 Å². The van der Waals surface area contributed by atoms with Gasteiger partial charge < -0.3 is 13.4 Å². The van der Waals surface area contributed by atoms with Crippen LogP contribution in [-0.4, -0.2) is 12.6 Å². The molecule has 0 fully saturated rings. The smallest absolute Gasteiger partial charge is 0.230 e. The van der Waals surface area contributed by atoms with Gasteiger partial charge in [-0.3, -0.25) is 0 Å². The summed E-state index contributed by atoms with van der Waals surface area (Å²) in [4.78, 5) is 0. The number of aromatic nitrogens is 1. The highest BCUT2D eigenvalue weighted by atomic mass is 28.3. The molecule has 0 aliphatic heterocycles. The fraction of sp³-hybridized carbons (Fsp3) is 0. The van der Waals surface area contributed by atoms with E-state index in [4.69, 9.17) is 8.83 Å². The van der Waals surface area contributed by atoms with Gasteiger partial charge in [0.25, 0.3) is 0 Å². The number of benzene rings is 10. The summed E-state index contributed by atoms with van der Waals surface area (Å²) in [6.45, 7) is 0. The highest BCUT2D eigenvalue weighted by Gasteiger charge is 2.40. The molecule has 3 aromatic heterocycles. The third kappa shape index (κ3) is 5.46. The van der Waals surface area contributed by atoms with Crippen LogP contribution in [0, 0.1) is 34.1 Å². The van der Waals surface area contributed by atoms with Crippen molar-refractivity contribution in [2.24, 2.45) is 0 Å². The zero-order valence-corrected chi connectivity index (χ0v) is 36.2. The van der Waals surface area contributed by atoms with E-state index >= 15 is 0 Å². The molecule has 13 aromatic rings. The number of fused-ring (bicyclic) bond motifs is 11. The lowest BCUT2D eigenvalue weighted by Crippen LogP contribution is -2.66. The van der Waals surface area contributed by atoms with E-state index < -0.39 is 8.07 Å². The number of nitriles is 2. The molecule has 0 aliphatic carbocycles. The Labute approximate surface area is 379 Å². The molecular formula is C60H33N3O2Si. The maximum Gasteiger partial charge on any atom is 0.230 e. The number of nitrogens with zero attached hydrogens (tertiary/aromatic N) is 3. The Morgan fingerprint density at radius 2 is 0.803 bits per heavy atom. The lowest BCUT2D eigenvalue weighted by atomic mass is 9.95. The van der Waals surface area contributed by atoms with Crippen LogP contribution in [0.4, 0.5) is 0 Å². The standard InChI is InChI=1S/C60H33N3O2Si/c61-36-38-22-26-54-50(32-38)51-33-39(37-62)23-27-55(51)63(54)60-48-18-6-4-14-43(48)45(44-15-5-7-19-49(44)60)30-31-66(40-12-2-1-3-13-40,41-24-28-58-52(34-41)46-16-8-10-20-56(46)64-58)42-25-29-59-53(35-42)47-17-9-11-21-57(47)65-59/h1-29,32-35H. The molecule has 0 amide bonds.